The van der Waals surface area contributed by atoms with Gasteiger partial charge in [0, 0.05) is 5.57 Å². The monoisotopic (exact) mass is 465 g/mol. The number of allylic oxidation sites excluding steroid dienone is 2. The lowest BCUT2D eigenvalue weighted by Gasteiger charge is -2.13. The van der Waals surface area contributed by atoms with Gasteiger partial charge < -0.3 is 10.8 Å². The molecule has 3 nitrogen and oxygen atoms in total. The first-order valence-corrected chi connectivity index (χ1v) is 11.2. The standard InChI is InChI=1S/C26H23NO2.CH2Cl2/c1-16-9-8-14-21-22(17(2)24(23(16)21)25(28)26(27)29)15-19-12-6-7-13-20(19)18-10-4-3-5-11-18;2-1-3/h3-15,25,28H,1-2H3,(H2,27,29);1H2. The van der Waals surface area contributed by atoms with Gasteiger partial charge in [-0.2, -0.15) is 0 Å². The zero-order valence-electron chi connectivity index (χ0n) is 18.0. The summed E-state index contributed by atoms with van der Waals surface area (Å²) in [5.74, 6) is -0.737. The van der Waals surface area contributed by atoms with Crippen molar-refractivity contribution in [3.8, 4) is 11.1 Å². The number of aryl methyl sites for hydroxylation is 1. The smallest absolute Gasteiger partial charge is 0.250 e. The molecule has 3 aromatic carbocycles. The van der Waals surface area contributed by atoms with Crippen LogP contribution in [-0.2, 0) is 4.79 Å². The molecular weight excluding hydrogens is 441 g/mol. The Morgan fingerprint density at radius 1 is 0.938 bits per heavy atom. The van der Waals surface area contributed by atoms with Crippen LogP contribution in [0.25, 0.3) is 28.3 Å². The van der Waals surface area contributed by atoms with Crippen molar-refractivity contribution in [3.05, 3.63) is 101 Å². The summed E-state index contributed by atoms with van der Waals surface area (Å²) in [6, 6.07) is 24.5. The van der Waals surface area contributed by atoms with Crippen LogP contribution in [0, 0.1) is 6.92 Å². The van der Waals surface area contributed by atoms with Crippen molar-refractivity contribution < 1.29 is 9.90 Å². The normalized spacial score (nSPS) is 14.6. The average Bonchev–Trinajstić information content (AvgIpc) is 3.07. The van der Waals surface area contributed by atoms with Crippen molar-refractivity contribution in [2.75, 3.05) is 5.34 Å². The second-order valence-corrected chi connectivity index (χ2v) is 8.26. The molecule has 1 unspecified atom stereocenters. The minimum absolute atomic E-state index is 0.194. The first-order valence-electron chi connectivity index (χ1n) is 10.2. The van der Waals surface area contributed by atoms with E-state index >= 15 is 0 Å². The number of benzene rings is 3. The molecule has 164 valence electrons. The summed E-state index contributed by atoms with van der Waals surface area (Å²) < 4.78 is 0. The van der Waals surface area contributed by atoms with Gasteiger partial charge in [0.1, 0.15) is 0 Å². The van der Waals surface area contributed by atoms with Gasteiger partial charge in [-0.25, -0.2) is 0 Å². The molecule has 4 rings (SSSR count). The van der Waals surface area contributed by atoms with Gasteiger partial charge in [-0.05, 0) is 64.5 Å². The summed E-state index contributed by atoms with van der Waals surface area (Å²) in [6.45, 7) is 3.93. The lowest BCUT2D eigenvalue weighted by molar-refractivity contribution is -0.123. The van der Waals surface area contributed by atoms with Crippen LogP contribution < -0.4 is 5.73 Å². The van der Waals surface area contributed by atoms with Crippen molar-refractivity contribution in [2.24, 2.45) is 5.73 Å². The van der Waals surface area contributed by atoms with Gasteiger partial charge in [0.25, 0.3) is 5.91 Å². The van der Waals surface area contributed by atoms with E-state index in [2.05, 4.69) is 30.3 Å². The Hall–Kier alpha value is -2.85. The highest BCUT2D eigenvalue weighted by molar-refractivity contribution is 6.40. The van der Waals surface area contributed by atoms with Gasteiger partial charge in [-0.3, -0.25) is 4.79 Å². The van der Waals surface area contributed by atoms with Gasteiger partial charge in [-0.1, -0.05) is 72.8 Å². The van der Waals surface area contributed by atoms with E-state index in [0.29, 0.717) is 5.57 Å². The highest BCUT2D eigenvalue weighted by atomic mass is 35.5. The minimum Gasteiger partial charge on any atom is -0.378 e. The zero-order valence-corrected chi connectivity index (χ0v) is 19.5. The molecule has 5 heteroatoms. The highest BCUT2D eigenvalue weighted by Gasteiger charge is 2.31. The van der Waals surface area contributed by atoms with Crippen molar-refractivity contribution in [2.45, 2.75) is 20.0 Å². The average molecular weight is 466 g/mol. The van der Waals surface area contributed by atoms with Crippen molar-refractivity contribution in [1.29, 1.82) is 0 Å². The van der Waals surface area contributed by atoms with E-state index in [1.807, 2.05) is 62.4 Å². The van der Waals surface area contributed by atoms with Gasteiger partial charge >= 0.3 is 0 Å². The molecule has 0 bridgehead atoms. The molecule has 0 fully saturated rings. The van der Waals surface area contributed by atoms with E-state index in [1.54, 1.807) is 0 Å². The van der Waals surface area contributed by atoms with Crippen LogP contribution in [0.3, 0.4) is 0 Å². The predicted octanol–water partition coefficient (Wildman–Crippen LogP) is 6.26. The van der Waals surface area contributed by atoms with Crippen molar-refractivity contribution in [3.63, 3.8) is 0 Å². The van der Waals surface area contributed by atoms with Crippen molar-refractivity contribution in [1.82, 2.24) is 0 Å². The molecule has 0 heterocycles. The number of carbonyl (C=O) groups excluding carboxylic acids is 1. The molecule has 1 aliphatic carbocycles. The molecule has 0 saturated heterocycles. The molecule has 1 amide bonds. The largest absolute Gasteiger partial charge is 0.378 e. The Morgan fingerprint density at radius 3 is 2.19 bits per heavy atom. The molecule has 0 aromatic heterocycles. The quantitative estimate of drug-likeness (QED) is 0.446. The highest BCUT2D eigenvalue weighted by Crippen LogP contribution is 2.45. The van der Waals surface area contributed by atoms with Crippen LogP contribution in [0.2, 0.25) is 0 Å². The second-order valence-electron chi connectivity index (χ2n) is 7.45. The Bertz CT molecular complexity index is 1180. The number of primary amides is 1. The number of aliphatic hydroxyl groups excluding tert-OH is 1. The van der Waals surface area contributed by atoms with E-state index < -0.39 is 12.0 Å². The van der Waals surface area contributed by atoms with Gasteiger partial charge in [0.15, 0.2) is 6.10 Å². The molecule has 3 N–H and O–H groups in total. The molecule has 32 heavy (non-hydrogen) atoms. The van der Waals surface area contributed by atoms with Crippen molar-refractivity contribution >= 4 is 46.3 Å². The van der Waals surface area contributed by atoms with E-state index in [4.69, 9.17) is 28.9 Å². The lowest BCUT2D eigenvalue weighted by atomic mass is 9.94. The van der Waals surface area contributed by atoms with Gasteiger partial charge in [0.05, 0.1) is 5.34 Å². The van der Waals surface area contributed by atoms with Crippen LogP contribution in [0.15, 0.2) is 78.4 Å². The zero-order chi connectivity index (χ0) is 23.3. The Morgan fingerprint density at radius 2 is 1.53 bits per heavy atom. The van der Waals surface area contributed by atoms with Gasteiger partial charge in [0.2, 0.25) is 0 Å². The molecule has 1 aliphatic rings. The fraction of sp³-hybridized carbons (Fsp3) is 0.148. The number of aliphatic hydroxyl groups is 1. The number of amides is 1. The van der Waals surface area contributed by atoms with E-state index in [0.717, 1.165) is 44.5 Å². The minimum atomic E-state index is -1.33. The first kappa shape index (κ1) is 23.8. The first-order chi connectivity index (χ1) is 15.4. The molecule has 0 radical (unpaired) electrons. The SMILES string of the molecule is CC1=C(C(O)C(N)=O)c2c(C)cccc2C1=Cc1ccccc1-c1ccccc1.ClCCl. The van der Waals surface area contributed by atoms with Crippen LogP contribution in [-0.4, -0.2) is 22.5 Å². The van der Waals surface area contributed by atoms with Crippen LogP contribution in [0.1, 0.15) is 29.2 Å². The summed E-state index contributed by atoms with van der Waals surface area (Å²) in [4.78, 5) is 11.8. The summed E-state index contributed by atoms with van der Waals surface area (Å²) in [5, 5.41) is 10.7. The van der Waals surface area contributed by atoms with Gasteiger partial charge in [-0.15, -0.1) is 23.2 Å². The number of rotatable bonds is 4. The topological polar surface area (TPSA) is 63.3 Å². The maximum Gasteiger partial charge on any atom is 0.250 e. The summed E-state index contributed by atoms with van der Waals surface area (Å²) in [6.07, 6.45) is 0.807. The van der Waals surface area contributed by atoms with Crippen LogP contribution in [0.5, 0.6) is 0 Å². The maximum absolute atomic E-state index is 11.8. The third kappa shape index (κ3) is 4.81. The summed E-state index contributed by atoms with van der Waals surface area (Å²) in [5.41, 5.74) is 14.2. The van der Waals surface area contributed by atoms with Crippen LogP contribution in [0.4, 0.5) is 0 Å². The molecule has 1 atom stereocenters. The Labute approximate surface area is 198 Å². The fourth-order valence-electron chi connectivity index (χ4n) is 4.11. The lowest BCUT2D eigenvalue weighted by Crippen LogP contribution is -2.29. The third-order valence-corrected chi connectivity index (χ3v) is 5.53. The number of nitrogens with two attached hydrogens (primary N) is 1. The Balaban J connectivity index is 0.000000913. The van der Waals surface area contributed by atoms with Crippen LogP contribution >= 0.6 is 23.2 Å². The van der Waals surface area contributed by atoms with E-state index in [9.17, 15) is 9.90 Å². The molecule has 0 spiro atoms. The maximum atomic E-state index is 11.8. The molecule has 0 aliphatic heterocycles. The number of fused-ring (bicyclic) bond motifs is 1. The number of alkyl halides is 2. The second kappa shape index (κ2) is 10.6. The Kier molecular flexibility index (Phi) is 7.92. The fourth-order valence-corrected chi connectivity index (χ4v) is 4.11. The third-order valence-electron chi connectivity index (χ3n) is 5.53. The van der Waals surface area contributed by atoms with E-state index in [1.165, 1.54) is 0 Å². The number of hydrogen-bond donors (Lipinski definition) is 2. The number of halogens is 2. The molecular formula is C27H25Cl2NO2. The summed E-state index contributed by atoms with van der Waals surface area (Å²) in [7, 11) is 0. The van der Waals surface area contributed by atoms with E-state index in [-0.39, 0.29) is 5.34 Å². The number of carbonyl (C=O) groups is 1. The molecule has 3 aromatic rings. The number of hydrogen-bond acceptors (Lipinski definition) is 2. The summed E-state index contributed by atoms with van der Waals surface area (Å²) >= 11 is 9.53. The predicted molar refractivity (Wildman–Crippen MR) is 135 cm³/mol. The molecule has 0 saturated carbocycles.